The highest BCUT2D eigenvalue weighted by Gasteiger charge is 2.18. The molecule has 1 saturated heterocycles. The first-order valence-electron chi connectivity index (χ1n) is 8.68. The lowest BCUT2D eigenvalue weighted by Gasteiger charge is -2.32. The van der Waals surface area contributed by atoms with Crippen molar-refractivity contribution in [2.75, 3.05) is 19.6 Å². The van der Waals surface area contributed by atoms with Crippen LogP contribution in [0.15, 0.2) is 29.1 Å². The number of aromatic nitrogens is 2. The van der Waals surface area contributed by atoms with Crippen LogP contribution in [0.5, 0.6) is 0 Å². The number of aromatic amines is 1. The molecule has 0 aliphatic carbocycles. The molecule has 4 heteroatoms. The van der Waals surface area contributed by atoms with Crippen molar-refractivity contribution in [3.63, 3.8) is 0 Å². The van der Waals surface area contributed by atoms with Gasteiger partial charge in [0.25, 0.3) is 0 Å². The lowest BCUT2D eigenvalue weighted by molar-refractivity contribution is 0.172. The number of piperidine rings is 1. The fraction of sp³-hybridized carbons (Fsp3) is 0.611. The highest BCUT2D eigenvalue weighted by molar-refractivity contribution is 5.74. The molecule has 0 spiro atoms. The fourth-order valence-electron chi connectivity index (χ4n) is 3.56. The lowest BCUT2D eigenvalue weighted by atomic mass is 9.92. The Bertz CT molecular complexity index is 650. The van der Waals surface area contributed by atoms with Crippen molar-refractivity contribution in [1.29, 1.82) is 0 Å². The van der Waals surface area contributed by atoms with Gasteiger partial charge < -0.3 is 9.88 Å². The predicted molar refractivity (Wildman–Crippen MR) is 91.2 cm³/mol. The zero-order valence-corrected chi connectivity index (χ0v) is 13.6. The number of fused-ring (bicyclic) bond motifs is 1. The van der Waals surface area contributed by atoms with Gasteiger partial charge in [-0.2, -0.15) is 0 Å². The van der Waals surface area contributed by atoms with E-state index in [2.05, 4.69) is 16.8 Å². The number of imidazole rings is 1. The minimum Gasteiger partial charge on any atom is -0.306 e. The molecule has 2 aromatic rings. The predicted octanol–water partition coefficient (Wildman–Crippen LogP) is 3.23. The number of likely N-dealkylation sites (tertiary alicyclic amines) is 1. The van der Waals surface area contributed by atoms with Crippen LogP contribution in [0, 0.1) is 5.92 Å². The van der Waals surface area contributed by atoms with Gasteiger partial charge in [-0.25, -0.2) is 4.79 Å². The van der Waals surface area contributed by atoms with Gasteiger partial charge in [0.1, 0.15) is 0 Å². The van der Waals surface area contributed by atoms with E-state index < -0.39 is 0 Å². The van der Waals surface area contributed by atoms with E-state index in [1.54, 1.807) is 0 Å². The van der Waals surface area contributed by atoms with Crippen LogP contribution in [0.3, 0.4) is 0 Å². The normalized spacial score (nSPS) is 17.3. The Hall–Kier alpha value is -1.55. The highest BCUT2D eigenvalue weighted by atomic mass is 16.1. The second-order valence-electron chi connectivity index (χ2n) is 6.53. The average molecular weight is 301 g/mol. The molecule has 0 bridgehead atoms. The number of nitrogens with zero attached hydrogens (tertiary/aromatic N) is 2. The summed E-state index contributed by atoms with van der Waals surface area (Å²) in [5.41, 5.74) is 1.97. The van der Waals surface area contributed by atoms with Crippen molar-refractivity contribution in [3.05, 3.63) is 34.7 Å². The zero-order valence-electron chi connectivity index (χ0n) is 13.6. The summed E-state index contributed by atoms with van der Waals surface area (Å²) < 4.78 is 1.87. The average Bonchev–Trinajstić information content (AvgIpc) is 2.87. The van der Waals surface area contributed by atoms with Crippen molar-refractivity contribution in [1.82, 2.24) is 14.5 Å². The van der Waals surface area contributed by atoms with Crippen LogP contribution < -0.4 is 5.69 Å². The van der Waals surface area contributed by atoms with Crippen molar-refractivity contribution < 1.29 is 0 Å². The third-order valence-electron chi connectivity index (χ3n) is 4.99. The summed E-state index contributed by atoms with van der Waals surface area (Å²) in [7, 11) is 0. The maximum absolute atomic E-state index is 12.1. The van der Waals surface area contributed by atoms with E-state index in [1.807, 2.05) is 28.8 Å². The smallest absolute Gasteiger partial charge is 0.306 e. The van der Waals surface area contributed by atoms with E-state index in [1.165, 1.54) is 45.2 Å². The Kier molecular flexibility index (Phi) is 4.98. The lowest BCUT2D eigenvalue weighted by Crippen LogP contribution is -2.37. The van der Waals surface area contributed by atoms with Gasteiger partial charge in [-0.15, -0.1) is 0 Å². The Morgan fingerprint density at radius 3 is 2.73 bits per heavy atom. The summed E-state index contributed by atoms with van der Waals surface area (Å²) in [4.78, 5) is 17.5. The van der Waals surface area contributed by atoms with Crippen LogP contribution in [-0.2, 0) is 6.54 Å². The second-order valence-corrected chi connectivity index (χ2v) is 6.53. The Morgan fingerprint density at radius 2 is 1.95 bits per heavy atom. The summed E-state index contributed by atoms with van der Waals surface area (Å²) in [6.45, 7) is 6.40. The van der Waals surface area contributed by atoms with Crippen LogP contribution in [0.25, 0.3) is 11.0 Å². The molecule has 1 aliphatic heterocycles. The summed E-state index contributed by atoms with van der Waals surface area (Å²) in [5.74, 6) is 0.923. The first-order chi connectivity index (χ1) is 10.8. The van der Waals surface area contributed by atoms with Gasteiger partial charge >= 0.3 is 5.69 Å². The van der Waals surface area contributed by atoms with E-state index in [9.17, 15) is 4.79 Å². The van der Waals surface area contributed by atoms with Gasteiger partial charge in [-0.1, -0.05) is 38.3 Å². The maximum atomic E-state index is 12.1. The van der Waals surface area contributed by atoms with Crippen molar-refractivity contribution in [2.24, 2.45) is 5.92 Å². The van der Waals surface area contributed by atoms with Gasteiger partial charge in [-0.3, -0.25) is 4.57 Å². The second kappa shape index (κ2) is 7.14. The zero-order chi connectivity index (χ0) is 15.4. The first-order valence-corrected chi connectivity index (χ1v) is 8.68. The van der Waals surface area contributed by atoms with E-state index >= 15 is 0 Å². The monoisotopic (exact) mass is 301 g/mol. The third-order valence-corrected chi connectivity index (χ3v) is 4.99. The van der Waals surface area contributed by atoms with Gasteiger partial charge in [0.15, 0.2) is 0 Å². The molecule has 0 radical (unpaired) electrons. The molecule has 3 rings (SSSR count). The molecule has 1 aromatic carbocycles. The minimum absolute atomic E-state index is 0.0130. The quantitative estimate of drug-likeness (QED) is 0.890. The van der Waals surface area contributed by atoms with Crippen LogP contribution in [-0.4, -0.2) is 34.1 Å². The molecule has 22 heavy (non-hydrogen) atoms. The molecule has 0 atom stereocenters. The minimum atomic E-state index is 0.0130. The van der Waals surface area contributed by atoms with Crippen LogP contribution >= 0.6 is 0 Å². The van der Waals surface area contributed by atoms with Gasteiger partial charge in [-0.05, 0) is 44.0 Å². The third kappa shape index (κ3) is 3.43. The van der Waals surface area contributed by atoms with Gasteiger partial charge in [0, 0.05) is 13.1 Å². The van der Waals surface area contributed by atoms with Crippen molar-refractivity contribution in [3.8, 4) is 0 Å². The molecule has 1 fully saturated rings. The van der Waals surface area contributed by atoms with Gasteiger partial charge in [0.05, 0.1) is 11.0 Å². The van der Waals surface area contributed by atoms with E-state index in [4.69, 9.17) is 0 Å². The molecule has 1 aromatic heterocycles. The number of para-hydroxylation sites is 2. The molecule has 0 unspecified atom stereocenters. The van der Waals surface area contributed by atoms with Crippen LogP contribution in [0.4, 0.5) is 0 Å². The molecule has 120 valence electrons. The van der Waals surface area contributed by atoms with E-state index in [-0.39, 0.29) is 5.69 Å². The van der Waals surface area contributed by atoms with E-state index in [0.717, 1.165) is 30.0 Å². The number of benzene rings is 1. The summed E-state index contributed by atoms with van der Waals surface area (Å²) in [6.07, 6.45) is 6.72. The number of rotatable bonds is 6. The van der Waals surface area contributed by atoms with Crippen LogP contribution in [0.2, 0.25) is 0 Å². The number of hydrogen-bond donors (Lipinski definition) is 1. The number of H-pyrrole nitrogens is 1. The Morgan fingerprint density at radius 1 is 1.18 bits per heavy atom. The van der Waals surface area contributed by atoms with Crippen molar-refractivity contribution >= 4 is 11.0 Å². The summed E-state index contributed by atoms with van der Waals surface area (Å²) >= 11 is 0. The number of unbranched alkanes of at least 4 members (excludes halogenated alkanes) is 1. The standard InChI is InChI=1S/C18H27N3O/c1-2-3-6-15-9-11-20(12-10-15)13-14-21-17-8-5-4-7-16(17)19-18(21)22/h4-5,7-8,15H,2-3,6,9-14H2,1H3,(H,19,22). The summed E-state index contributed by atoms with van der Waals surface area (Å²) in [5, 5.41) is 0. The van der Waals surface area contributed by atoms with Crippen molar-refractivity contribution in [2.45, 2.75) is 45.6 Å². The molecule has 1 N–H and O–H groups in total. The molecule has 0 saturated carbocycles. The fourth-order valence-corrected chi connectivity index (χ4v) is 3.56. The highest BCUT2D eigenvalue weighted by Crippen LogP contribution is 2.22. The first kappa shape index (κ1) is 15.3. The largest absolute Gasteiger partial charge is 0.326 e. The number of hydrogen-bond acceptors (Lipinski definition) is 2. The molecule has 4 nitrogen and oxygen atoms in total. The SMILES string of the molecule is CCCCC1CCN(CCn2c(=O)[nH]c3ccccc32)CC1. The molecule has 2 heterocycles. The molecular formula is C18H27N3O. The Labute approximate surface area is 132 Å². The Balaban J connectivity index is 1.55. The molecule has 1 aliphatic rings. The van der Waals surface area contributed by atoms with E-state index in [0.29, 0.717) is 0 Å². The maximum Gasteiger partial charge on any atom is 0.326 e. The molecule has 0 amide bonds. The van der Waals surface area contributed by atoms with Gasteiger partial charge in [0.2, 0.25) is 0 Å². The summed E-state index contributed by atoms with van der Waals surface area (Å²) in [6, 6.07) is 7.94. The molecular weight excluding hydrogens is 274 g/mol. The number of nitrogens with one attached hydrogen (secondary N) is 1. The van der Waals surface area contributed by atoms with Crippen LogP contribution in [0.1, 0.15) is 39.0 Å². The topological polar surface area (TPSA) is 41.0 Å².